The average molecular weight is 289 g/mol. The summed E-state index contributed by atoms with van der Waals surface area (Å²) in [6.07, 6.45) is 2.56. The Kier molecular flexibility index (Phi) is 4.92. The molecule has 1 saturated heterocycles. The Balaban J connectivity index is 2.25. The lowest BCUT2D eigenvalue weighted by atomic mass is 9.98. The Bertz CT molecular complexity index is 480. The molecule has 1 fully saturated rings. The zero-order valence-corrected chi connectivity index (χ0v) is 14.6. The molecule has 1 aliphatic rings. The smallest absolute Gasteiger partial charge is 0.133 e. The van der Waals surface area contributed by atoms with E-state index in [2.05, 4.69) is 57.8 Å². The van der Waals surface area contributed by atoms with Crippen LogP contribution in [-0.2, 0) is 6.54 Å². The molecule has 0 bridgehead atoms. The Labute approximate surface area is 130 Å². The summed E-state index contributed by atoms with van der Waals surface area (Å²) < 4.78 is 0. The molecule has 3 heteroatoms. The third-order valence-corrected chi connectivity index (χ3v) is 4.33. The van der Waals surface area contributed by atoms with Gasteiger partial charge in [0.1, 0.15) is 5.82 Å². The van der Waals surface area contributed by atoms with Crippen LogP contribution in [0.2, 0.25) is 0 Å². The maximum Gasteiger partial charge on any atom is 0.133 e. The van der Waals surface area contributed by atoms with Gasteiger partial charge in [0, 0.05) is 36.4 Å². The lowest BCUT2D eigenvalue weighted by Gasteiger charge is -2.34. The Morgan fingerprint density at radius 1 is 1.24 bits per heavy atom. The van der Waals surface area contributed by atoms with E-state index in [-0.39, 0.29) is 5.54 Å². The van der Waals surface area contributed by atoms with E-state index in [0.29, 0.717) is 0 Å². The fraction of sp³-hybridized carbons (Fsp3) is 0.722. The molecule has 2 heterocycles. The second kappa shape index (κ2) is 6.35. The van der Waals surface area contributed by atoms with Gasteiger partial charge in [0.25, 0.3) is 0 Å². The summed E-state index contributed by atoms with van der Waals surface area (Å²) >= 11 is 0. The van der Waals surface area contributed by atoms with Gasteiger partial charge in [0.2, 0.25) is 0 Å². The van der Waals surface area contributed by atoms with E-state index >= 15 is 0 Å². The SMILES string of the molecule is Cc1cc(C)c(CNC(C)(C)C)c(N2CCC(C)CC2)n1. The largest absolute Gasteiger partial charge is 0.356 e. The zero-order valence-electron chi connectivity index (χ0n) is 14.6. The van der Waals surface area contributed by atoms with Crippen molar-refractivity contribution in [2.24, 2.45) is 5.92 Å². The summed E-state index contributed by atoms with van der Waals surface area (Å²) in [4.78, 5) is 7.36. The van der Waals surface area contributed by atoms with Crippen molar-refractivity contribution in [3.63, 3.8) is 0 Å². The monoisotopic (exact) mass is 289 g/mol. The van der Waals surface area contributed by atoms with Crippen LogP contribution in [0.25, 0.3) is 0 Å². The van der Waals surface area contributed by atoms with Gasteiger partial charge in [-0.05, 0) is 65.0 Å². The number of anilines is 1. The highest BCUT2D eigenvalue weighted by atomic mass is 15.2. The number of nitrogens with one attached hydrogen (secondary N) is 1. The molecule has 0 aliphatic carbocycles. The van der Waals surface area contributed by atoms with Crippen molar-refractivity contribution >= 4 is 5.82 Å². The number of hydrogen-bond donors (Lipinski definition) is 1. The quantitative estimate of drug-likeness (QED) is 0.917. The van der Waals surface area contributed by atoms with E-state index in [1.165, 1.54) is 29.8 Å². The van der Waals surface area contributed by atoms with Crippen molar-refractivity contribution in [2.45, 2.75) is 66.5 Å². The molecule has 0 radical (unpaired) electrons. The first kappa shape index (κ1) is 16.3. The maximum atomic E-state index is 4.87. The van der Waals surface area contributed by atoms with E-state index in [1.54, 1.807) is 0 Å². The van der Waals surface area contributed by atoms with Gasteiger partial charge in [-0.3, -0.25) is 0 Å². The minimum atomic E-state index is 0.130. The van der Waals surface area contributed by atoms with Crippen LogP contribution in [0.15, 0.2) is 6.07 Å². The minimum absolute atomic E-state index is 0.130. The van der Waals surface area contributed by atoms with E-state index < -0.39 is 0 Å². The van der Waals surface area contributed by atoms with Crippen LogP contribution in [0.1, 0.15) is 57.4 Å². The minimum Gasteiger partial charge on any atom is -0.356 e. The first-order valence-electron chi connectivity index (χ1n) is 8.23. The normalized spacial score (nSPS) is 17.3. The molecule has 0 atom stereocenters. The molecule has 0 saturated carbocycles. The van der Waals surface area contributed by atoms with Crippen molar-refractivity contribution in [1.29, 1.82) is 0 Å². The number of rotatable bonds is 3. The Hall–Kier alpha value is -1.09. The first-order chi connectivity index (χ1) is 9.76. The van der Waals surface area contributed by atoms with Crippen LogP contribution in [0.5, 0.6) is 0 Å². The molecule has 0 spiro atoms. The highest BCUT2D eigenvalue weighted by Gasteiger charge is 2.21. The molecule has 118 valence electrons. The summed E-state index contributed by atoms with van der Waals surface area (Å²) in [5.74, 6) is 2.06. The lowest BCUT2D eigenvalue weighted by Crippen LogP contribution is -2.38. The second-order valence-corrected chi connectivity index (χ2v) is 7.66. The molecule has 1 aromatic rings. The van der Waals surface area contributed by atoms with Crippen molar-refractivity contribution in [3.8, 4) is 0 Å². The topological polar surface area (TPSA) is 28.2 Å². The fourth-order valence-electron chi connectivity index (χ4n) is 2.90. The van der Waals surface area contributed by atoms with Gasteiger partial charge >= 0.3 is 0 Å². The summed E-state index contributed by atoms with van der Waals surface area (Å²) in [5.41, 5.74) is 3.98. The highest BCUT2D eigenvalue weighted by Crippen LogP contribution is 2.27. The van der Waals surface area contributed by atoms with Crippen molar-refractivity contribution < 1.29 is 0 Å². The maximum absolute atomic E-state index is 4.87. The summed E-state index contributed by atoms with van der Waals surface area (Å²) in [6, 6.07) is 2.20. The number of hydrogen-bond acceptors (Lipinski definition) is 3. The van der Waals surface area contributed by atoms with Crippen LogP contribution in [-0.4, -0.2) is 23.6 Å². The fourth-order valence-corrected chi connectivity index (χ4v) is 2.90. The summed E-state index contributed by atoms with van der Waals surface area (Å²) in [7, 11) is 0. The molecule has 0 amide bonds. The van der Waals surface area contributed by atoms with E-state index in [9.17, 15) is 0 Å². The van der Waals surface area contributed by atoms with Gasteiger partial charge in [-0.15, -0.1) is 0 Å². The molecular weight excluding hydrogens is 258 g/mol. The lowest BCUT2D eigenvalue weighted by molar-refractivity contribution is 0.419. The molecular formula is C18H31N3. The summed E-state index contributed by atoms with van der Waals surface area (Å²) in [5, 5.41) is 3.62. The van der Waals surface area contributed by atoms with Crippen LogP contribution in [0.4, 0.5) is 5.82 Å². The summed E-state index contributed by atoms with van der Waals surface area (Å²) in [6.45, 7) is 16.5. The van der Waals surface area contributed by atoms with Gasteiger partial charge in [-0.2, -0.15) is 0 Å². The van der Waals surface area contributed by atoms with Gasteiger partial charge in [0.15, 0.2) is 0 Å². The molecule has 3 nitrogen and oxygen atoms in total. The van der Waals surface area contributed by atoms with Crippen molar-refractivity contribution in [3.05, 3.63) is 22.9 Å². The van der Waals surface area contributed by atoms with Crippen molar-refractivity contribution in [1.82, 2.24) is 10.3 Å². The van der Waals surface area contributed by atoms with E-state index in [1.807, 2.05) is 0 Å². The predicted molar refractivity (Wildman–Crippen MR) is 90.9 cm³/mol. The van der Waals surface area contributed by atoms with Gasteiger partial charge in [0.05, 0.1) is 0 Å². The van der Waals surface area contributed by atoms with Crippen LogP contribution < -0.4 is 10.2 Å². The van der Waals surface area contributed by atoms with E-state index in [0.717, 1.165) is 31.2 Å². The van der Waals surface area contributed by atoms with Gasteiger partial charge < -0.3 is 10.2 Å². The second-order valence-electron chi connectivity index (χ2n) is 7.66. The molecule has 0 unspecified atom stereocenters. The third kappa shape index (κ3) is 4.44. The van der Waals surface area contributed by atoms with Crippen LogP contribution >= 0.6 is 0 Å². The van der Waals surface area contributed by atoms with Crippen LogP contribution in [0.3, 0.4) is 0 Å². The predicted octanol–water partition coefficient (Wildman–Crippen LogP) is 3.82. The van der Waals surface area contributed by atoms with Gasteiger partial charge in [-0.1, -0.05) is 6.92 Å². The molecule has 1 N–H and O–H groups in total. The number of nitrogens with zero attached hydrogens (tertiary/aromatic N) is 2. The Morgan fingerprint density at radius 3 is 2.43 bits per heavy atom. The number of aryl methyl sites for hydroxylation is 2. The number of aromatic nitrogens is 1. The van der Waals surface area contributed by atoms with E-state index in [4.69, 9.17) is 4.98 Å². The number of pyridine rings is 1. The standard InChI is InChI=1S/C18H31N3/c1-13-7-9-21(10-8-13)17-16(12-19-18(4,5)6)14(2)11-15(3)20-17/h11,13,19H,7-10,12H2,1-6H3. The molecule has 21 heavy (non-hydrogen) atoms. The highest BCUT2D eigenvalue weighted by molar-refractivity contribution is 5.52. The molecule has 2 rings (SSSR count). The molecule has 1 aliphatic heterocycles. The molecule has 1 aromatic heterocycles. The zero-order chi connectivity index (χ0) is 15.6. The van der Waals surface area contributed by atoms with Crippen molar-refractivity contribution in [2.75, 3.05) is 18.0 Å². The first-order valence-corrected chi connectivity index (χ1v) is 8.23. The average Bonchev–Trinajstić information content (AvgIpc) is 2.36. The third-order valence-electron chi connectivity index (χ3n) is 4.33. The van der Waals surface area contributed by atoms with Gasteiger partial charge in [-0.25, -0.2) is 4.98 Å². The number of piperidine rings is 1. The van der Waals surface area contributed by atoms with Crippen LogP contribution in [0, 0.1) is 19.8 Å². The Morgan fingerprint density at radius 2 is 1.86 bits per heavy atom. The molecule has 0 aromatic carbocycles.